The van der Waals surface area contributed by atoms with Crippen LogP contribution >= 0.6 is 0 Å². The molecule has 1 aromatic heterocycles. The van der Waals surface area contributed by atoms with E-state index in [1.807, 2.05) is 28.8 Å². The van der Waals surface area contributed by atoms with E-state index in [1.165, 1.54) is 12.1 Å². The molecule has 0 aliphatic rings. The fourth-order valence-electron chi connectivity index (χ4n) is 2.30. The molecule has 0 spiro atoms. The molecule has 2 aromatic carbocycles. The van der Waals surface area contributed by atoms with Crippen molar-refractivity contribution in [2.24, 2.45) is 0 Å². The van der Waals surface area contributed by atoms with Crippen LogP contribution in [0.3, 0.4) is 0 Å². The van der Waals surface area contributed by atoms with E-state index in [0.29, 0.717) is 24.2 Å². The van der Waals surface area contributed by atoms with E-state index < -0.39 is 11.6 Å². The molecule has 3 nitrogen and oxygen atoms in total. The van der Waals surface area contributed by atoms with Crippen LogP contribution < -0.4 is 5.73 Å². The van der Waals surface area contributed by atoms with Gasteiger partial charge in [0.05, 0.1) is 6.54 Å². The van der Waals surface area contributed by atoms with Crippen molar-refractivity contribution in [3.05, 3.63) is 83.4 Å². The summed E-state index contributed by atoms with van der Waals surface area (Å²) in [5, 5.41) is 0. The largest absolute Gasteiger partial charge is 0.399 e. The zero-order valence-corrected chi connectivity index (χ0v) is 11.8. The number of imidazole rings is 1. The summed E-state index contributed by atoms with van der Waals surface area (Å²) in [5.41, 5.74) is 7.88. The number of hydrogen-bond acceptors (Lipinski definition) is 2. The van der Waals surface area contributed by atoms with Crippen LogP contribution in [0.1, 0.15) is 17.0 Å². The molecule has 3 aromatic rings. The summed E-state index contributed by atoms with van der Waals surface area (Å²) < 4.78 is 28.6. The molecule has 0 fully saturated rings. The minimum Gasteiger partial charge on any atom is -0.399 e. The number of nitrogens with two attached hydrogens (primary N) is 1. The van der Waals surface area contributed by atoms with Gasteiger partial charge in [0.15, 0.2) is 0 Å². The molecule has 0 aliphatic heterocycles. The highest BCUT2D eigenvalue weighted by atomic mass is 19.1. The van der Waals surface area contributed by atoms with E-state index in [4.69, 9.17) is 5.73 Å². The molecule has 0 radical (unpaired) electrons. The maximum absolute atomic E-state index is 13.8. The van der Waals surface area contributed by atoms with Gasteiger partial charge in [-0.25, -0.2) is 13.8 Å². The number of hydrogen-bond donors (Lipinski definition) is 1. The highest BCUT2D eigenvalue weighted by Gasteiger charge is 2.08. The lowest BCUT2D eigenvalue weighted by atomic mass is 10.1. The Kier molecular flexibility index (Phi) is 3.87. The number of rotatable bonds is 4. The van der Waals surface area contributed by atoms with Gasteiger partial charge < -0.3 is 10.3 Å². The minimum absolute atomic E-state index is 0.316. The topological polar surface area (TPSA) is 43.8 Å². The van der Waals surface area contributed by atoms with Crippen molar-refractivity contribution in [1.82, 2.24) is 9.55 Å². The Bertz CT molecular complexity index is 779. The zero-order chi connectivity index (χ0) is 15.5. The van der Waals surface area contributed by atoms with Crippen molar-refractivity contribution in [3.63, 3.8) is 0 Å². The number of nitrogens with zero attached hydrogens (tertiary/aromatic N) is 2. The van der Waals surface area contributed by atoms with Crippen molar-refractivity contribution in [3.8, 4) is 0 Å². The monoisotopic (exact) mass is 299 g/mol. The van der Waals surface area contributed by atoms with Gasteiger partial charge in [-0.3, -0.25) is 0 Å². The Labute approximate surface area is 127 Å². The third-order valence-electron chi connectivity index (χ3n) is 3.50. The number of aromatic nitrogens is 2. The van der Waals surface area contributed by atoms with E-state index in [1.54, 1.807) is 12.4 Å². The molecule has 3 rings (SSSR count). The lowest BCUT2D eigenvalue weighted by Crippen LogP contribution is -2.07. The molecule has 5 heteroatoms. The summed E-state index contributed by atoms with van der Waals surface area (Å²) in [6.45, 7) is 0.316. The van der Waals surface area contributed by atoms with Gasteiger partial charge in [0.1, 0.15) is 17.5 Å². The van der Waals surface area contributed by atoms with Crippen LogP contribution in [-0.2, 0) is 13.0 Å². The predicted octanol–water partition coefficient (Wildman–Crippen LogP) is 3.38. The zero-order valence-electron chi connectivity index (χ0n) is 11.8. The van der Waals surface area contributed by atoms with Gasteiger partial charge in [-0.05, 0) is 23.8 Å². The number of benzene rings is 2. The van der Waals surface area contributed by atoms with Gasteiger partial charge in [0, 0.05) is 36.1 Å². The highest BCUT2D eigenvalue weighted by Crippen LogP contribution is 2.15. The van der Waals surface area contributed by atoms with Crippen LogP contribution in [0.25, 0.3) is 0 Å². The van der Waals surface area contributed by atoms with Crippen molar-refractivity contribution in [2.75, 3.05) is 5.73 Å². The number of halogens is 2. The molecule has 0 aliphatic carbocycles. The van der Waals surface area contributed by atoms with Crippen molar-refractivity contribution in [1.29, 1.82) is 0 Å². The third-order valence-corrected chi connectivity index (χ3v) is 3.50. The normalized spacial score (nSPS) is 10.8. The first-order valence-electron chi connectivity index (χ1n) is 6.90. The van der Waals surface area contributed by atoms with Gasteiger partial charge in [-0.1, -0.05) is 18.2 Å². The van der Waals surface area contributed by atoms with E-state index in [-0.39, 0.29) is 0 Å². The lowest BCUT2D eigenvalue weighted by Gasteiger charge is -2.09. The molecule has 0 saturated heterocycles. The maximum Gasteiger partial charge on any atom is 0.131 e. The van der Waals surface area contributed by atoms with Crippen LogP contribution in [0.15, 0.2) is 54.9 Å². The van der Waals surface area contributed by atoms with Crippen molar-refractivity contribution in [2.45, 2.75) is 13.0 Å². The highest BCUT2D eigenvalue weighted by molar-refractivity contribution is 5.40. The van der Waals surface area contributed by atoms with Crippen LogP contribution in [0, 0.1) is 11.6 Å². The summed E-state index contributed by atoms with van der Waals surface area (Å²) in [6, 6.07) is 11.2. The standard InChI is InChI=1S/C17H15F2N3/c18-14-4-3-13(16(19)10-14)11-22-8-7-21-17(22)9-12-1-5-15(20)6-2-12/h1-8,10H,9,11,20H2. The fraction of sp³-hybridized carbons (Fsp3) is 0.118. The van der Waals surface area contributed by atoms with Gasteiger partial charge in [-0.2, -0.15) is 0 Å². The predicted molar refractivity (Wildman–Crippen MR) is 81.3 cm³/mol. The van der Waals surface area contributed by atoms with E-state index in [9.17, 15) is 8.78 Å². The average Bonchev–Trinajstić information content (AvgIpc) is 2.91. The smallest absolute Gasteiger partial charge is 0.131 e. The Balaban J connectivity index is 1.81. The molecule has 22 heavy (non-hydrogen) atoms. The first-order chi connectivity index (χ1) is 10.6. The fourth-order valence-corrected chi connectivity index (χ4v) is 2.30. The van der Waals surface area contributed by atoms with Gasteiger partial charge >= 0.3 is 0 Å². The molecule has 0 unspecified atom stereocenters. The SMILES string of the molecule is Nc1ccc(Cc2nccn2Cc2ccc(F)cc2F)cc1. The first-order valence-corrected chi connectivity index (χ1v) is 6.90. The summed E-state index contributed by atoms with van der Waals surface area (Å²) in [4.78, 5) is 4.31. The van der Waals surface area contributed by atoms with Crippen LogP contribution in [0.5, 0.6) is 0 Å². The second-order valence-electron chi connectivity index (χ2n) is 5.13. The summed E-state index contributed by atoms with van der Waals surface area (Å²) in [6.07, 6.45) is 4.08. The summed E-state index contributed by atoms with van der Waals surface area (Å²) in [7, 11) is 0. The molecule has 0 bridgehead atoms. The van der Waals surface area contributed by atoms with Crippen LogP contribution in [0.2, 0.25) is 0 Å². The van der Waals surface area contributed by atoms with E-state index in [2.05, 4.69) is 4.98 Å². The number of anilines is 1. The summed E-state index contributed by atoms with van der Waals surface area (Å²) >= 11 is 0. The van der Waals surface area contributed by atoms with Gasteiger partial charge in [0.25, 0.3) is 0 Å². The molecule has 0 saturated carbocycles. The maximum atomic E-state index is 13.8. The molecule has 0 atom stereocenters. The van der Waals surface area contributed by atoms with Crippen LogP contribution in [0.4, 0.5) is 14.5 Å². The quantitative estimate of drug-likeness (QED) is 0.751. The Morgan fingerprint density at radius 1 is 1.05 bits per heavy atom. The molecule has 2 N–H and O–H groups in total. The first kappa shape index (κ1) is 14.3. The van der Waals surface area contributed by atoms with E-state index >= 15 is 0 Å². The lowest BCUT2D eigenvalue weighted by molar-refractivity contribution is 0.564. The molecular weight excluding hydrogens is 284 g/mol. The third kappa shape index (κ3) is 3.14. The second kappa shape index (κ2) is 5.97. The molecule has 0 amide bonds. The van der Waals surface area contributed by atoms with Gasteiger partial charge in [0.2, 0.25) is 0 Å². The second-order valence-corrected chi connectivity index (χ2v) is 5.13. The Morgan fingerprint density at radius 2 is 1.82 bits per heavy atom. The molecule has 1 heterocycles. The number of nitrogen functional groups attached to an aromatic ring is 1. The Morgan fingerprint density at radius 3 is 2.55 bits per heavy atom. The van der Waals surface area contributed by atoms with E-state index in [0.717, 1.165) is 17.5 Å². The summed E-state index contributed by atoms with van der Waals surface area (Å²) in [5.74, 6) is -0.311. The van der Waals surface area contributed by atoms with Gasteiger partial charge in [-0.15, -0.1) is 0 Å². The van der Waals surface area contributed by atoms with Crippen LogP contribution in [-0.4, -0.2) is 9.55 Å². The molecule has 112 valence electrons. The average molecular weight is 299 g/mol. The molecular formula is C17H15F2N3. The minimum atomic E-state index is -0.575. The Hall–Kier alpha value is -2.69. The van der Waals surface area contributed by atoms with Crippen molar-refractivity contribution >= 4 is 5.69 Å². The van der Waals surface area contributed by atoms with Crippen molar-refractivity contribution < 1.29 is 8.78 Å².